The van der Waals surface area contributed by atoms with Gasteiger partial charge in [-0.25, -0.2) is 0 Å². The van der Waals surface area contributed by atoms with Gasteiger partial charge in [0.2, 0.25) is 0 Å². The molecule has 0 atom stereocenters. The molecule has 0 spiro atoms. The Balaban J connectivity index is 2.28. The molecule has 0 fully saturated rings. The number of hydrogen-bond acceptors (Lipinski definition) is 2. The molecule has 0 saturated carbocycles. The summed E-state index contributed by atoms with van der Waals surface area (Å²) in [5.74, 6) is 0. The van der Waals surface area contributed by atoms with E-state index >= 15 is 0 Å². The summed E-state index contributed by atoms with van der Waals surface area (Å²) in [4.78, 5) is 2.66. The molecule has 0 amide bonds. The van der Waals surface area contributed by atoms with Gasteiger partial charge >= 0.3 is 0 Å². The standard InChI is InChI=1S/C13H8S2/c1-3-7-12-10(5-1)11-6-2-4-8-13(11)15-9-14-12/h1,3-5,7-8H,9H2. The summed E-state index contributed by atoms with van der Waals surface area (Å²) in [6.07, 6.45) is 4.06. The van der Waals surface area contributed by atoms with Crippen LogP contribution in [0.3, 0.4) is 0 Å². The van der Waals surface area contributed by atoms with Gasteiger partial charge in [-0.3, -0.25) is 0 Å². The second-order valence-corrected chi connectivity index (χ2v) is 5.64. The molecule has 1 aliphatic heterocycles. The van der Waals surface area contributed by atoms with Gasteiger partial charge in [-0.05, 0) is 18.2 Å². The van der Waals surface area contributed by atoms with Gasteiger partial charge in [0.15, 0.2) is 0 Å². The highest BCUT2D eigenvalue weighted by Gasteiger charge is 2.17. The molecule has 0 N–H and O–H groups in total. The van der Waals surface area contributed by atoms with Crippen molar-refractivity contribution in [3.8, 4) is 0 Å². The van der Waals surface area contributed by atoms with Gasteiger partial charge in [0.1, 0.15) is 0 Å². The summed E-state index contributed by atoms with van der Waals surface area (Å²) in [6.45, 7) is 0. The first-order chi connectivity index (χ1) is 7.45. The minimum Gasteiger partial charge on any atom is -0.114 e. The Hall–Kier alpha value is -1.04. The lowest BCUT2D eigenvalue weighted by atomic mass is 10.0. The quantitative estimate of drug-likeness (QED) is 0.614. The van der Waals surface area contributed by atoms with Crippen molar-refractivity contribution in [3.63, 3.8) is 0 Å². The number of benzene rings is 1. The van der Waals surface area contributed by atoms with Crippen molar-refractivity contribution in [2.45, 2.75) is 4.90 Å². The van der Waals surface area contributed by atoms with E-state index < -0.39 is 0 Å². The zero-order chi connectivity index (χ0) is 10.1. The molecule has 15 heavy (non-hydrogen) atoms. The maximum absolute atomic E-state index is 3.23. The number of thioether (sulfide) groups is 2. The first kappa shape index (κ1) is 9.21. The van der Waals surface area contributed by atoms with Crippen molar-refractivity contribution in [2.75, 3.05) is 5.08 Å². The molecule has 72 valence electrons. The van der Waals surface area contributed by atoms with Crippen LogP contribution in [0.15, 0.2) is 57.7 Å². The van der Waals surface area contributed by atoms with Crippen molar-refractivity contribution in [1.82, 2.24) is 0 Å². The third kappa shape index (κ3) is 1.62. The van der Waals surface area contributed by atoms with E-state index in [9.17, 15) is 0 Å². The van der Waals surface area contributed by atoms with E-state index in [0.29, 0.717) is 0 Å². The van der Waals surface area contributed by atoms with Gasteiger partial charge in [-0.1, -0.05) is 29.7 Å². The van der Waals surface area contributed by atoms with Crippen LogP contribution in [0, 0.1) is 0 Å². The molecular weight excluding hydrogens is 220 g/mol. The molecule has 0 radical (unpaired) electrons. The summed E-state index contributed by atoms with van der Waals surface area (Å²) in [5, 5.41) is 1.07. The summed E-state index contributed by atoms with van der Waals surface area (Å²) < 4.78 is 0. The minimum absolute atomic E-state index is 1.07. The lowest BCUT2D eigenvalue weighted by Crippen LogP contribution is -1.86. The molecule has 2 heteroatoms. The van der Waals surface area contributed by atoms with Crippen molar-refractivity contribution in [1.29, 1.82) is 0 Å². The second kappa shape index (κ2) is 3.84. The van der Waals surface area contributed by atoms with E-state index in [1.54, 1.807) is 0 Å². The number of rotatable bonds is 0. The monoisotopic (exact) mass is 228 g/mol. The minimum atomic E-state index is 1.07. The average Bonchev–Trinajstić information content (AvgIpc) is 2.48. The van der Waals surface area contributed by atoms with Crippen molar-refractivity contribution in [3.05, 3.63) is 58.3 Å². The first-order valence-corrected chi connectivity index (χ1v) is 6.69. The number of allylic oxidation sites excluding steroid dienone is 3. The number of fused-ring (bicyclic) bond motifs is 3. The van der Waals surface area contributed by atoms with Gasteiger partial charge in [-0.2, -0.15) is 0 Å². The Morgan fingerprint density at radius 3 is 3.07 bits per heavy atom. The molecule has 1 aromatic carbocycles. The van der Waals surface area contributed by atoms with Crippen LogP contribution in [0.4, 0.5) is 0 Å². The Morgan fingerprint density at radius 1 is 1.13 bits per heavy atom. The fraction of sp³-hybridized carbons (Fsp3) is 0.0769. The van der Waals surface area contributed by atoms with Gasteiger partial charge in [0.25, 0.3) is 0 Å². The summed E-state index contributed by atoms with van der Waals surface area (Å²) in [6, 6.07) is 8.52. The van der Waals surface area contributed by atoms with E-state index in [1.807, 2.05) is 29.6 Å². The van der Waals surface area contributed by atoms with Gasteiger partial charge in [0, 0.05) is 26.0 Å². The van der Waals surface area contributed by atoms with Gasteiger partial charge in [0.05, 0.1) is 0 Å². The van der Waals surface area contributed by atoms with E-state index in [4.69, 9.17) is 0 Å². The van der Waals surface area contributed by atoms with Crippen LogP contribution in [-0.2, 0) is 0 Å². The molecule has 1 aliphatic carbocycles. The smallest absolute Gasteiger partial charge is 0.0487 e. The summed E-state index contributed by atoms with van der Waals surface area (Å²) in [5.41, 5.74) is 8.76. The van der Waals surface area contributed by atoms with Gasteiger partial charge < -0.3 is 0 Å². The van der Waals surface area contributed by atoms with Crippen molar-refractivity contribution in [2.24, 2.45) is 0 Å². The second-order valence-electron chi connectivity index (χ2n) is 3.24. The maximum atomic E-state index is 3.23. The van der Waals surface area contributed by atoms with Crippen LogP contribution in [0.2, 0.25) is 0 Å². The highest BCUT2D eigenvalue weighted by molar-refractivity contribution is 8.18. The largest absolute Gasteiger partial charge is 0.114 e. The molecule has 1 aromatic rings. The summed E-state index contributed by atoms with van der Waals surface area (Å²) in [7, 11) is 0. The molecular formula is C13H8S2. The SMILES string of the molecule is C1=C=C2C(=CC=1)SCSc1ccccc12. The Morgan fingerprint density at radius 2 is 2.07 bits per heavy atom. The third-order valence-electron chi connectivity index (χ3n) is 2.35. The predicted molar refractivity (Wildman–Crippen MR) is 67.8 cm³/mol. The fourth-order valence-corrected chi connectivity index (χ4v) is 3.87. The molecule has 0 aromatic heterocycles. The topological polar surface area (TPSA) is 0 Å². The normalized spacial score (nSPS) is 17.3. The fourth-order valence-electron chi connectivity index (χ4n) is 1.65. The lowest BCUT2D eigenvalue weighted by Gasteiger charge is -2.07. The van der Waals surface area contributed by atoms with Crippen LogP contribution >= 0.6 is 23.5 Å². The van der Waals surface area contributed by atoms with Crippen LogP contribution in [0.5, 0.6) is 0 Å². The Labute approximate surface area is 97.5 Å². The third-order valence-corrected chi connectivity index (χ3v) is 4.61. The number of hydrogen-bond donors (Lipinski definition) is 0. The molecule has 2 aliphatic rings. The van der Waals surface area contributed by atoms with Crippen LogP contribution < -0.4 is 0 Å². The summed E-state index contributed by atoms with van der Waals surface area (Å²) >= 11 is 3.77. The van der Waals surface area contributed by atoms with Crippen LogP contribution in [0.1, 0.15) is 5.56 Å². The average molecular weight is 228 g/mol. The predicted octanol–water partition coefficient (Wildman–Crippen LogP) is 4.07. The van der Waals surface area contributed by atoms with Crippen molar-refractivity contribution < 1.29 is 0 Å². The van der Waals surface area contributed by atoms with E-state index in [0.717, 1.165) is 5.08 Å². The van der Waals surface area contributed by atoms with Crippen LogP contribution in [-0.4, -0.2) is 5.08 Å². The molecule has 0 nitrogen and oxygen atoms in total. The van der Waals surface area contributed by atoms with Crippen LogP contribution in [0.25, 0.3) is 5.57 Å². The Bertz CT molecular complexity index is 539. The van der Waals surface area contributed by atoms with E-state index in [2.05, 4.69) is 41.8 Å². The molecule has 0 bridgehead atoms. The molecule has 3 rings (SSSR count). The molecule has 0 saturated heterocycles. The Kier molecular flexibility index (Phi) is 2.36. The van der Waals surface area contributed by atoms with Crippen molar-refractivity contribution >= 4 is 29.1 Å². The lowest BCUT2D eigenvalue weighted by molar-refractivity contribution is 1.41. The molecule has 0 unspecified atom stereocenters. The highest BCUT2D eigenvalue weighted by atomic mass is 32.2. The first-order valence-electron chi connectivity index (χ1n) is 4.72. The maximum Gasteiger partial charge on any atom is 0.0487 e. The van der Waals surface area contributed by atoms with E-state index in [-0.39, 0.29) is 0 Å². The zero-order valence-corrected chi connectivity index (χ0v) is 9.62. The van der Waals surface area contributed by atoms with Gasteiger partial charge in [-0.15, -0.1) is 23.5 Å². The molecule has 1 heterocycles. The zero-order valence-electron chi connectivity index (χ0n) is 7.99. The van der Waals surface area contributed by atoms with E-state index in [1.165, 1.54) is 20.9 Å². The highest BCUT2D eigenvalue weighted by Crippen LogP contribution is 2.43.